The van der Waals surface area contributed by atoms with Gasteiger partial charge in [-0.1, -0.05) is 54.6 Å². The maximum absolute atomic E-state index is 2.84. The summed E-state index contributed by atoms with van der Waals surface area (Å²) >= 11 is 0. The SMILES string of the molecule is Cc1ccc2c3ccc(-c4ccccc4)cc3n(P)c2c1. The third-order valence-corrected chi connectivity index (χ3v) is 4.62. The molecule has 0 aliphatic carbocycles. The Bertz CT molecular complexity index is 952. The maximum Gasteiger partial charge on any atom is 0.0527 e. The number of aromatic nitrogens is 1. The first kappa shape index (κ1) is 12.6. The van der Waals surface area contributed by atoms with E-state index in [1.807, 2.05) is 0 Å². The molecule has 0 radical (unpaired) electrons. The van der Waals surface area contributed by atoms with Crippen LogP contribution in [0.2, 0.25) is 0 Å². The molecule has 0 N–H and O–H groups in total. The highest BCUT2D eigenvalue weighted by molar-refractivity contribution is 7.15. The highest BCUT2D eigenvalue weighted by Crippen LogP contribution is 2.34. The summed E-state index contributed by atoms with van der Waals surface area (Å²) < 4.78 is 2.21. The van der Waals surface area contributed by atoms with Crippen molar-refractivity contribution in [2.24, 2.45) is 0 Å². The lowest BCUT2D eigenvalue weighted by Gasteiger charge is -2.03. The molecule has 3 aromatic carbocycles. The fourth-order valence-corrected chi connectivity index (χ4v) is 3.39. The van der Waals surface area contributed by atoms with Crippen molar-refractivity contribution in [3.8, 4) is 11.1 Å². The number of rotatable bonds is 1. The molecular formula is C19H16NP. The van der Waals surface area contributed by atoms with E-state index in [-0.39, 0.29) is 0 Å². The predicted molar refractivity (Wildman–Crippen MR) is 94.7 cm³/mol. The third kappa shape index (κ3) is 1.97. The molecule has 1 heterocycles. The Morgan fingerprint density at radius 1 is 0.714 bits per heavy atom. The predicted octanol–water partition coefficient (Wildman–Crippen LogP) is 5.41. The molecule has 1 aromatic heterocycles. The summed E-state index contributed by atoms with van der Waals surface area (Å²) in [6.07, 6.45) is 0. The van der Waals surface area contributed by atoms with Gasteiger partial charge in [-0.15, -0.1) is 0 Å². The van der Waals surface area contributed by atoms with Crippen molar-refractivity contribution < 1.29 is 0 Å². The lowest BCUT2D eigenvalue weighted by atomic mass is 10.0. The zero-order chi connectivity index (χ0) is 14.4. The molecule has 1 nitrogen and oxygen atoms in total. The minimum Gasteiger partial charge on any atom is -0.325 e. The van der Waals surface area contributed by atoms with Gasteiger partial charge >= 0.3 is 0 Å². The van der Waals surface area contributed by atoms with Gasteiger partial charge in [-0.2, -0.15) is 0 Å². The molecule has 102 valence electrons. The van der Waals surface area contributed by atoms with Crippen LogP contribution in [0.3, 0.4) is 0 Å². The van der Waals surface area contributed by atoms with E-state index in [1.165, 1.54) is 38.5 Å². The van der Waals surface area contributed by atoms with E-state index < -0.39 is 0 Å². The van der Waals surface area contributed by atoms with Gasteiger partial charge in [0.25, 0.3) is 0 Å². The number of hydrogen-bond donors (Lipinski definition) is 0. The maximum atomic E-state index is 2.84. The smallest absolute Gasteiger partial charge is 0.0527 e. The van der Waals surface area contributed by atoms with Gasteiger partial charge in [0.1, 0.15) is 0 Å². The summed E-state index contributed by atoms with van der Waals surface area (Å²) in [7, 11) is 2.84. The van der Waals surface area contributed by atoms with Crippen LogP contribution in [0.25, 0.3) is 32.9 Å². The summed E-state index contributed by atoms with van der Waals surface area (Å²) in [5.74, 6) is 0. The van der Waals surface area contributed by atoms with Crippen molar-refractivity contribution in [1.82, 2.24) is 4.34 Å². The van der Waals surface area contributed by atoms with Crippen molar-refractivity contribution in [3.05, 3.63) is 72.3 Å². The van der Waals surface area contributed by atoms with Crippen LogP contribution in [-0.4, -0.2) is 4.34 Å². The largest absolute Gasteiger partial charge is 0.325 e. The molecule has 4 rings (SSSR count). The Labute approximate surface area is 126 Å². The number of aryl methyl sites for hydroxylation is 1. The van der Waals surface area contributed by atoms with Gasteiger partial charge in [0.05, 0.1) is 11.0 Å². The first-order chi connectivity index (χ1) is 10.2. The van der Waals surface area contributed by atoms with Gasteiger partial charge < -0.3 is 4.34 Å². The van der Waals surface area contributed by atoms with Crippen molar-refractivity contribution in [3.63, 3.8) is 0 Å². The van der Waals surface area contributed by atoms with E-state index in [9.17, 15) is 0 Å². The Morgan fingerprint density at radius 2 is 1.38 bits per heavy atom. The average Bonchev–Trinajstić information content (AvgIpc) is 2.80. The van der Waals surface area contributed by atoms with E-state index in [0.29, 0.717) is 0 Å². The van der Waals surface area contributed by atoms with Crippen LogP contribution in [0.1, 0.15) is 5.56 Å². The standard InChI is InChI=1S/C19H16NP/c1-13-7-9-16-17-10-8-15(14-5-3-2-4-6-14)12-19(17)20(21)18(16)11-13/h2-12H,21H2,1H3. The number of nitrogens with zero attached hydrogens (tertiary/aromatic N) is 1. The van der Waals surface area contributed by atoms with Crippen LogP contribution in [0.4, 0.5) is 0 Å². The normalized spacial score (nSPS) is 11.3. The Hall–Kier alpha value is -2.11. The van der Waals surface area contributed by atoms with Crippen LogP contribution < -0.4 is 0 Å². The molecule has 0 bridgehead atoms. The molecule has 0 aliphatic rings. The van der Waals surface area contributed by atoms with Crippen molar-refractivity contribution >= 4 is 31.2 Å². The highest BCUT2D eigenvalue weighted by atomic mass is 31.0. The number of fused-ring (bicyclic) bond motifs is 3. The van der Waals surface area contributed by atoms with Gasteiger partial charge in [0.15, 0.2) is 0 Å². The molecule has 21 heavy (non-hydrogen) atoms. The fraction of sp³-hybridized carbons (Fsp3) is 0.0526. The van der Waals surface area contributed by atoms with Gasteiger partial charge in [-0.3, -0.25) is 0 Å². The lowest BCUT2D eigenvalue weighted by molar-refractivity contribution is 1.40. The quantitative estimate of drug-likeness (QED) is 0.413. The second kappa shape index (κ2) is 4.72. The van der Waals surface area contributed by atoms with Crippen molar-refractivity contribution in [2.75, 3.05) is 0 Å². The minimum atomic E-state index is 1.25. The van der Waals surface area contributed by atoms with Crippen LogP contribution in [-0.2, 0) is 0 Å². The Balaban J connectivity index is 2.04. The van der Waals surface area contributed by atoms with Crippen LogP contribution >= 0.6 is 9.39 Å². The number of hydrogen-bond acceptors (Lipinski definition) is 0. The van der Waals surface area contributed by atoms with Gasteiger partial charge in [0.2, 0.25) is 0 Å². The Morgan fingerprint density at radius 3 is 2.14 bits per heavy atom. The summed E-state index contributed by atoms with van der Waals surface area (Å²) in [5, 5.41) is 2.62. The first-order valence-corrected chi connectivity index (χ1v) is 7.61. The molecule has 0 saturated carbocycles. The molecule has 0 aliphatic heterocycles. The molecule has 1 unspecified atom stereocenters. The molecule has 0 saturated heterocycles. The van der Waals surface area contributed by atoms with E-state index in [0.717, 1.165) is 0 Å². The summed E-state index contributed by atoms with van der Waals surface area (Å²) in [5.41, 5.74) is 6.32. The summed E-state index contributed by atoms with van der Waals surface area (Å²) in [6.45, 7) is 2.14. The molecule has 2 heteroatoms. The molecular weight excluding hydrogens is 273 g/mol. The average molecular weight is 289 g/mol. The Kier molecular flexibility index (Phi) is 2.83. The van der Waals surface area contributed by atoms with Crippen LogP contribution in [0.5, 0.6) is 0 Å². The van der Waals surface area contributed by atoms with E-state index in [1.54, 1.807) is 0 Å². The molecule has 0 fully saturated rings. The van der Waals surface area contributed by atoms with Crippen molar-refractivity contribution in [2.45, 2.75) is 6.92 Å². The zero-order valence-electron chi connectivity index (χ0n) is 11.9. The van der Waals surface area contributed by atoms with E-state index in [2.05, 4.69) is 87.4 Å². The second-order valence-corrected chi connectivity index (χ2v) is 6.00. The zero-order valence-corrected chi connectivity index (χ0v) is 13.0. The van der Waals surface area contributed by atoms with Crippen molar-refractivity contribution in [1.29, 1.82) is 0 Å². The van der Waals surface area contributed by atoms with Crippen LogP contribution in [0, 0.1) is 6.92 Å². The lowest BCUT2D eigenvalue weighted by Crippen LogP contribution is -1.81. The number of benzene rings is 3. The third-order valence-electron chi connectivity index (χ3n) is 4.07. The second-order valence-electron chi connectivity index (χ2n) is 5.49. The van der Waals surface area contributed by atoms with Crippen LogP contribution in [0.15, 0.2) is 66.7 Å². The molecule has 0 amide bonds. The van der Waals surface area contributed by atoms with E-state index in [4.69, 9.17) is 0 Å². The topological polar surface area (TPSA) is 4.93 Å². The summed E-state index contributed by atoms with van der Waals surface area (Å²) in [6, 6.07) is 23.9. The van der Waals surface area contributed by atoms with Gasteiger partial charge in [0, 0.05) is 10.8 Å². The molecule has 4 aromatic rings. The highest BCUT2D eigenvalue weighted by Gasteiger charge is 2.09. The van der Waals surface area contributed by atoms with Gasteiger partial charge in [-0.05, 0) is 45.1 Å². The molecule has 0 spiro atoms. The first-order valence-electron chi connectivity index (χ1n) is 7.09. The van der Waals surface area contributed by atoms with Gasteiger partial charge in [-0.25, -0.2) is 0 Å². The molecule has 1 atom stereocenters. The monoisotopic (exact) mass is 289 g/mol. The minimum absolute atomic E-state index is 1.25. The fourth-order valence-electron chi connectivity index (χ4n) is 2.97. The van der Waals surface area contributed by atoms with E-state index >= 15 is 0 Å². The summed E-state index contributed by atoms with van der Waals surface area (Å²) in [4.78, 5) is 0.